The molecule has 0 aliphatic heterocycles. The van der Waals surface area contributed by atoms with Crippen LogP contribution >= 0.6 is 0 Å². The van der Waals surface area contributed by atoms with Crippen LogP contribution in [0.15, 0.2) is 170 Å². The minimum absolute atomic E-state index is 0.137. The van der Waals surface area contributed by atoms with E-state index in [1.54, 1.807) is 121 Å². The predicted octanol–water partition coefficient (Wildman–Crippen LogP) is 11.3. The summed E-state index contributed by atoms with van der Waals surface area (Å²) in [5.41, 5.74) is 6.19. The first-order valence-electron chi connectivity index (χ1n) is 18.5. The molecule has 0 bridgehead atoms. The van der Waals surface area contributed by atoms with Crippen LogP contribution in [-0.4, -0.2) is 23.1 Å². The smallest absolute Gasteiger partial charge is 0.193 e. The van der Waals surface area contributed by atoms with E-state index in [9.17, 15) is 19.2 Å². The first-order chi connectivity index (χ1) is 27.3. The Morgan fingerprint density at radius 2 is 0.554 bits per heavy atom. The number of benzene rings is 7. The maximum atomic E-state index is 13.3. The highest BCUT2D eigenvalue weighted by molar-refractivity contribution is 6.13. The lowest BCUT2D eigenvalue weighted by molar-refractivity contribution is 0.102. The lowest BCUT2D eigenvalue weighted by Gasteiger charge is -2.09. The van der Waals surface area contributed by atoms with Crippen LogP contribution < -0.4 is 9.47 Å². The van der Waals surface area contributed by atoms with Gasteiger partial charge in [0, 0.05) is 44.5 Å². The third-order valence-electron chi connectivity index (χ3n) is 9.57. The zero-order chi connectivity index (χ0) is 39.0. The Morgan fingerprint density at radius 3 is 0.857 bits per heavy atom. The van der Waals surface area contributed by atoms with Crippen molar-refractivity contribution in [3.8, 4) is 23.0 Å². The minimum atomic E-state index is -0.207. The minimum Gasteiger partial charge on any atom is -0.457 e. The normalized spacial score (nSPS) is 10.8. The molecule has 6 heteroatoms. The molecule has 0 unspecified atom stereocenters. The highest BCUT2D eigenvalue weighted by Crippen LogP contribution is 2.26. The van der Waals surface area contributed by atoms with Crippen molar-refractivity contribution in [3.63, 3.8) is 0 Å². The van der Waals surface area contributed by atoms with Gasteiger partial charge in [0.1, 0.15) is 23.0 Å². The highest BCUT2D eigenvalue weighted by atomic mass is 16.5. The molecule has 0 heterocycles. The molecule has 0 saturated carbocycles. The van der Waals surface area contributed by atoms with Crippen molar-refractivity contribution in [2.24, 2.45) is 0 Å². The lowest BCUT2D eigenvalue weighted by atomic mass is 9.97. The second-order valence-electron chi connectivity index (χ2n) is 13.3. The average molecular weight is 735 g/mol. The number of carbonyl (C=O) groups is 4. The summed E-state index contributed by atoms with van der Waals surface area (Å²) in [6, 6.07) is 49.3. The zero-order valence-electron chi connectivity index (χ0n) is 31.0. The lowest BCUT2D eigenvalue weighted by Crippen LogP contribution is -2.06. The maximum Gasteiger partial charge on any atom is 0.193 e. The first kappa shape index (κ1) is 37.1. The standard InChI is InChI=1S/C50H38O6/c1-3-33-8-12-35(13-9-33)49(53)41-6-5-7-42(32-41)50(54)40-22-30-46(31-23-40)56-45-28-20-39(21-29-45)48(52)37-16-14-36(15-17-37)47(51)38-18-26-44(27-19-38)55-43-24-10-34(4-2)11-25-43/h5-32H,3-4H2,1-2H3. The number of hydrogen-bond acceptors (Lipinski definition) is 6. The van der Waals surface area contributed by atoms with Crippen LogP contribution in [0.4, 0.5) is 0 Å². The molecular formula is C50H38O6. The molecule has 0 amide bonds. The van der Waals surface area contributed by atoms with Crippen molar-refractivity contribution in [1.82, 2.24) is 0 Å². The van der Waals surface area contributed by atoms with Gasteiger partial charge in [0.25, 0.3) is 0 Å². The summed E-state index contributed by atoms with van der Waals surface area (Å²) in [4.78, 5) is 52.8. The maximum absolute atomic E-state index is 13.3. The van der Waals surface area contributed by atoms with E-state index in [2.05, 4.69) is 13.8 Å². The molecule has 0 saturated heterocycles. The van der Waals surface area contributed by atoms with E-state index in [-0.39, 0.29) is 23.1 Å². The van der Waals surface area contributed by atoms with Crippen molar-refractivity contribution < 1.29 is 28.7 Å². The van der Waals surface area contributed by atoms with Crippen molar-refractivity contribution in [2.45, 2.75) is 26.7 Å². The molecule has 0 N–H and O–H groups in total. The molecule has 274 valence electrons. The van der Waals surface area contributed by atoms with E-state index < -0.39 is 0 Å². The topological polar surface area (TPSA) is 86.7 Å². The van der Waals surface area contributed by atoms with Gasteiger partial charge in [-0.15, -0.1) is 0 Å². The summed E-state index contributed by atoms with van der Waals surface area (Å²) in [5.74, 6) is 1.71. The molecule has 56 heavy (non-hydrogen) atoms. The molecule has 0 aliphatic rings. The molecule has 0 aromatic heterocycles. The number of carbonyl (C=O) groups excluding carboxylic acids is 4. The van der Waals surface area contributed by atoms with E-state index in [1.165, 1.54) is 5.56 Å². The molecule has 7 rings (SSSR count). The highest BCUT2D eigenvalue weighted by Gasteiger charge is 2.16. The van der Waals surface area contributed by atoms with E-state index in [1.807, 2.05) is 48.5 Å². The molecule has 6 nitrogen and oxygen atoms in total. The summed E-state index contributed by atoms with van der Waals surface area (Å²) >= 11 is 0. The number of hydrogen-bond donors (Lipinski definition) is 0. The fourth-order valence-corrected chi connectivity index (χ4v) is 6.22. The van der Waals surface area contributed by atoms with Gasteiger partial charge in [-0.3, -0.25) is 19.2 Å². The summed E-state index contributed by atoms with van der Waals surface area (Å²) in [5, 5.41) is 0. The Bertz CT molecular complexity index is 2500. The van der Waals surface area contributed by atoms with Gasteiger partial charge in [-0.25, -0.2) is 0 Å². The van der Waals surface area contributed by atoms with E-state index in [0.29, 0.717) is 61.8 Å². The van der Waals surface area contributed by atoms with E-state index in [0.717, 1.165) is 24.2 Å². The van der Waals surface area contributed by atoms with Crippen LogP contribution in [0.5, 0.6) is 23.0 Å². The zero-order valence-corrected chi connectivity index (χ0v) is 31.0. The molecule has 0 radical (unpaired) electrons. The summed E-state index contributed by atoms with van der Waals surface area (Å²) < 4.78 is 11.9. The van der Waals surface area contributed by atoms with E-state index in [4.69, 9.17) is 9.47 Å². The molecule has 7 aromatic rings. The van der Waals surface area contributed by atoms with Crippen molar-refractivity contribution in [1.29, 1.82) is 0 Å². The summed E-state index contributed by atoms with van der Waals surface area (Å²) in [7, 11) is 0. The monoisotopic (exact) mass is 734 g/mol. The SMILES string of the molecule is CCc1ccc(Oc2ccc(C(=O)c3ccc(C(=O)c4ccc(Oc5ccc(C(=O)c6cccc(C(=O)c7ccc(CC)cc7)c6)cc5)cc4)cc3)cc2)cc1. The third-order valence-corrected chi connectivity index (χ3v) is 9.57. The van der Waals surface area contributed by atoms with Crippen LogP contribution in [0.1, 0.15) is 88.7 Å². The van der Waals surface area contributed by atoms with Gasteiger partial charge in [-0.1, -0.05) is 92.7 Å². The summed E-state index contributed by atoms with van der Waals surface area (Å²) in [6.45, 7) is 4.16. The van der Waals surface area contributed by atoms with Crippen LogP contribution in [0, 0.1) is 0 Å². The number of aryl methyl sites for hydroxylation is 2. The van der Waals surface area contributed by atoms with E-state index >= 15 is 0 Å². The molecular weight excluding hydrogens is 697 g/mol. The van der Waals surface area contributed by atoms with Gasteiger partial charge in [-0.2, -0.15) is 0 Å². The van der Waals surface area contributed by atoms with Gasteiger partial charge in [0.15, 0.2) is 23.1 Å². The van der Waals surface area contributed by atoms with Gasteiger partial charge in [-0.05, 0) is 115 Å². The number of ketones is 4. The number of ether oxygens (including phenoxy) is 2. The van der Waals surface area contributed by atoms with Crippen molar-refractivity contribution >= 4 is 23.1 Å². The fraction of sp³-hybridized carbons (Fsp3) is 0.0800. The molecule has 0 aliphatic carbocycles. The molecule has 0 spiro atoms. The van der Waals surface area contributed by atoms with Gasteiger partial charge in [0.2, 0.25) is 0 Å². The van der Waals surface area contributed by atoms with Crippen LogP contribution in [-0.2, 0) is 12.8 Å². The van der Waals surface area contributed by atoms with Gasteiger partial charge < -0.3 is 9.47 Å². The number of rotatable bonds is 14. The van der Waals surface area contributed by atoms with Crippen molar-refractivity contribution in [3.05, 3.63) is 225 Å². The fourth-order valence-electron chi connectivity index (χ4n) is 6.22. The Morgan fingerprint density at radius 1 is 0.321 bits per heavy atom. The second kappa shape index (κ2) is 16.9. The van der Waals surface area contributed by atoms with Crippen LogP contribution in [0.2, 0.25) is 0 Å². The molecule has 0 fully saturated rings. The summed E-state index contributed by atoms with van der Waals surface area (Å²) in [6.07, 6.45) is 1.85. The molecule has 0 atom stereocenters. The Labute approximate surface area is 326 Å². The largest absolute Gasteiger partial charge is 0.457 e. The third kappa shape index (κ3) is 8.61. The van der Waals surface area contributed by atoms with Gasteiger partial charge >= 0.3 is 0 Å². The first-order valence-corrected chi connectivity index (χ1v) is 18.5. The Hall–Kier alpha value is -7.18. The average Bonchev–Trinajstić information content (AvgIpc) is 3.26. The van der Waals surface area contributed by atoms with Gasteiger partial charge in [0.05, 0.1) is 0 Å². The Kier molecular flexibility index (Phi) is 11.2. The quantitative estimate of drug-likeness (QED) is 0.103. The van der Waals surface area contributed by atoms with Crippen molar-refractivity contribution in [2.75, 3.05) is 0 Å². The predicted molar refractivity (Wildman–Crippen MR) is 218 cm³/mol. The Balaban J connectivity index is 0.937. The second-order valence-corrected chi connectivity index (χ2v) is 13.3. The van der Waals surface area contributed by atoms with Crippen LogP contribution in [0.3, 0.4) is 0 Å². The van der Waals surface area contributed by atoms with Crippen LogP contribution in [0.25, 0.3) is 0 Å². The molecule has 7 aromatic carbocycles.